The topological polar surface area (TPSA) is 21.3 Å². The molecular weight excluding hydrogens is 326 g/mol. The summed E-state index contributed by atoms with van der Waals surface area (Å²) in [4.78, 5) is 0. The molecule has 2 aromatic carbocycles. The Kier molecular flexibility index (Phi) is 5.83. The van der Waals surface area contributed by atoms with E-state index < -0.39 is 0 Å². The van der Waals surface area contributed by atoms with Crippen LogP contribution in [0.2, 0.25) is 0 Å². The van der Waals surface area contributed by atoms with E-state index in [2.05, 4.69) is 78.4 Å². The first-order chi connectivity index (χ1) is 10.1. The Morgan fingerprint density at radius 2 is 1.71 bits per heavy atom. The van der Waals surface area contributed by atoms with Crippen molar-refractivity contribution in [3.8, 4) is 5.75 Å². The first kappa shape index (κ1) is 16.1. The van der Waals surface area contributed by atoms with E-state index in [0.29, 0.717) is 0 Å². The van der Waals surface area contributed by atoms with E-state index in [1.54, 1.807) is 0 Å². The molecule has 2 rings (SSSR count). The van der Waals surface area contributed by atoms with Crippen molar-refractivity contribution < 1.29 is 4.74 Å². The molecule has 2 nitrogen and oxygen atoms in total. The summed E-state index contributed by atoms with van der Waals surface area (Å²) in [6.45, 7) is 7.13. The molecule has 112 valence electrons. The van der Waals surface area contributed by atoms with Crippen LogP contribution in [0.1, 0.15) is 37.9 Å². The van der Waals surface area contributed by atoms with Gasteiger partial charge in [0.1, 0.15) is 5.75 Å². The van der Waals surface area contributed by atoms with Crippen molar-refractivity contribution in [2.75, 3.05) is 6.54 Å². The number of nitrogens with one attached hydrogen (secondary N) is 1. The fraction of sp³-hybridized carbons (Fsp3) is 0.333. The van der Waals surface area contributed by atoms with Gasteiger partial charge in [0.15, 0.2) is 0 Å². The highest BCUT2D eigenvalue weighted by molar-refractivity contribution is 9.10. The molecule has 3 heteroatoms. The molecule has 0 spiro atoms. The Balaban J connectivity index is 2.40. The van der Waals surface area contributed by atoms with Crippen LogP contribution in [0.4, 0.5) is 0 Å². The average Bonchev–Trinajstić information content (AvgIpc) is 2.46. The molecule has 0 fully saturated rings. The number of hydrogen-bond acceptors (Lipinski definition) is 2. The van der Waals surface area contributed by atoms with Gasteiger partial charge in [-0.15, -0.1) is 0 Å². The van der Waals surface area contributed by atoms with Gasteiger partial charge in [-0.1, -0.05) is 53.2 Å². The minimum absolute atomic E-state index is 0.137. The Morgan fingerprint density at radius 1 is 1.05 bits per heavy atom. The summed E-state index contributed by atoms with van der Waals surface area (Å²) in [5.41, 5.74) is 2.41. The van der Waals surface area contributed by atoms with Crippen molar-refractivity contribution in [3.63, 3.8) is 0 Å². The summed E-state index contributed by atoms with van der Waals surface area (Å²) >= 11 is 3.49. The second-order valence-electron chi connectivity index (χ2n) is 5.25. The Hall–Kier alpha value is -1.32. The summed E-state index contributed by atoms with van der Waals surface area (Å²) in [5.74, 6) is 0.946. The number of ether oxygens (including phenoxy) is 1. The minimum atomic E-state index is 0.137. The third-order valence-electron chi connectivity index (χ3n) is 3.20. The second kappa shape index (κ2) is 7.62. The molecule has 0 amide bonds. The average molecular weight is 348 g/mol. The van der Waals surface area contributed by atoms with Crippen molar-refractivity contribution in [2.45, 2.75) is 32.9 Å². The number of halogens is 1. The first-order valence-electron chi connectivity index (χ1n) is 7.36. The van der Waals surface area contributed by atoms with Crippen LogP contribution in [0.5, 0.6) is 5.75 Å². The fourth-order valence-electron chi connectivity index (χ4n) is 2.35. The summed E-state index contributed by atoms with van der Waals surface area (Å²) in [6.07, 6.45) is 0.165. The molecule has 1 atom stereocenters. The molecule has 0 bridgehead atoms. The smallest absolute Gasteiger partial charge is 0.124 e. The van der Waals surface area contributed by atoms with Crippen LogP contribution in [-0.4, -0.2) is 12.6 Å². The lowest BCUT2D eigenvalue weighted by atomic mass is 9.97. The molecule has 0 saturated carbocycles. The largest absolute Gasteiger partial charge is 0.491 e. The quantitative estimate of drug-likeness (QED) is 0.799. The summed E-state index contributed by atoms with van der Waals surface area (Å²) in [5, 5.41) is 3.55. The van der Waals surface area contributed by atoms with Gasteiger partial charge in [0.05, 0.1) is 12.1 Å². The van der Waals surface area contributed by atoms with E-state index in [0.717, 1.165) is 16.8 Å². The van der Waals surface area contributed by atoms with Crippen LogP contribution in [0.25, 0.3) is 0 Å². The van der Waals surface area contributed by atoms with Crippen molar-refractivity contribution in [2.24, 2.45) is 0 Å². The molecule has 0 saturated heterocycles. The van der Waals surface area contributed by atoms with Gasteiger partial charge >= 0.3 is 0 Å². The van der Waals surface area contributed by atoms with Crippen molar-refractivity contribution in [1.29, 1.82) is 0 Å². The standard InChI is InChI=1S/C18H22BrNO/c1-4-20-18(14-9-11-15(19)12-10-14)16-7-5-6-8-17(16)21-13(2)3/h5-13,18,20H,4H2,1-3H3. The predicted octanol–water partition coefficient (Wildman–Crippen LogP) is 4.94. The van der Waals surface area contributed by atoms with Crippen LogP contribution < -0.4 is 10.1 Å². The Labute approximate surface area is 135 Å². The number of para-hydroxylation sites is 1. The van der Waals surface area contributed by atoms with Crippen LogP contribution in [0.3, 0.4) is 0 Å². The van der Waals surface area contributed by atoms with Gasteiger partial charge in [0.25, 0.3) is 0 Å². The van der Waals surface area contributed by atoms with Gasteiger partial charge in [0, 0.05) is 10.0 Å². The number of benzene rings is 2. The molecule has 0 heterocycles. The lowest BCUT2D eigenvalue weighted by Crippen LogP contribution is -2.23. The molecule has 0 aliphatic rings. The maximum absolute atomic E-state index is 5.97. The lowest BCUT2D eigenvalue weighted by Gasteiger charge is -2.23. The van der Waals surface area contributed by atoms with Crippen LogP contribution in [-0.2, 0) is 0 Å². The van der Waals surface area contributed by atoms with E-state index in [-0.39, 0.29) is 12.1 Å². The lowest BCUT2D eigenvalue weighted by molar-refractivity contribution is 0.238. The fourth-order valence-corrected chi connectivity index (χ4v) is 2.61. The van der Waals surface area contributed by atoms with E-state index in [9.17, 15) is 0 Å². The number of hydrogen-bond donors (Lipinski definition) is 1. The van der Waals surface area contributed by atoms with Gasteiger partial charge in [-0.25, -0.2) is 0 Å². The SMILES string of the molecule is CCNC(c1ccc(Br)cc1)c1ccccc1OC(C)C. The van der Waals surface area contributed by atoms with Crippen molar-refractivity contribution in [3.05, 3.63) is 64.1 Å². The maximum atomic E-state index is 5.97. The number of rotatable bonds is 6. The van der Waals surface area contributed by atoms with Gasteiger partial charge in [-0.05, 0) is 44.2 Å². The molecule has 0 aliphatic carbocycles. The van der Waals surface area contributed by atoms with Gasteiger partial charge in [0.2, 0.25) is 0 Å². The van der Waals surface area contributed by atoms with Crippen LogP contribution in [0.15, 0.2) is 53.0 Å². The zero-order valence-electron chi connectivity index (χ0n) is 12.8. The summed E-state index contributed by atoms with van der Waals surface area (Å²) in [6, 6.07) is 16.8. The molecule has 2 aromatic rings. The third-order valence-corrected chi connectivity index (χ3v) is 3.73. The zero-order valence-corrected chi connectivity index (χ0v) is 14.4. The predicted molar refractivity (Wildman–Crippen MR) is 91.9 cm³/mol. The highest BCUT2D eigenvalue weighted by Crippen LogP contribution is 2.31. The van der Waals surface area contributed by atoms with E-state index in [4.69, 9.17) is 4.74 Å². The summed E-state index contributed by atoms with van der Waals surface area (Å²) < 4.78 is 7.06. The zero-order chi connectivity index (χ0) is 15.2. The van der Waals surface area contributed by atoms with Gasteiger partial charge < -0.3 is 10.1 Å². The van der Waals surface area contributed by atoms with E-state index >= 15 is 0 Å². The minimum Gasteiger partial charge on any atom is -0.491 e. The third kappa shape index (κ3) is 4.32. The Morgan fingerprint density at radius 3 is 2.33 bits per heavy atom. The van der Waals surface area contributed by atoms with E-state index in [1.165, 1.54) is 11.1 Å². The molecule has 1 unspecified atom stereocenters. The molecule has 0 aromatic heterocycles. The first-order valence-corrected chi connectivity index (χ1v) is 8.15. The molecule has 0 radical (unpaired) electrons. The van der Waals surface area contributed by atoms with E-state index in [1.807, 2.05) is 12.1 Å². The van der Waals surface area contributed by atoms with Crippen LogP contribution >= 0.6 is 15.9 Å². The summed E-state index contributed by atoms with van der Waals surface area (Å²) in [7, 11) is 0. The van der Waals surface area contributed by atoms with Crippen molar-refractivity contribution in [1.82, 2.24) is 5.32 Å². The molecule has 0 aliphatic heterocycles. The maximum Gasteiger partial charge on any atom is 0.124 e. The highest BCUT2D eigenvalue weighted by atomic mass is 79.9. The van der Waals surface area contributed by atoms with Crippen LogP contribution in [0, 0.1) is 0 Å². The normalized spacial score (nSPS) is 12.4. The Bertz CT molecular complexity index is 566. The second-order valence-corrected chi connectivity index (χ2v) is 6.16. The molecule has 21 heavy (non-hydrogen) atoms. The van der Waals surface area contributed by atoms with Gasteiger partial charge in [-0.2, -0.15) is 0 Å². The molecular formula is C18H22BrNO. The van der Waals surface area contributed by atoms with Gasteiger partial charge in [-0.3, -0.25) is 0 Å². The highest BCUT2D eigenvalue weighted by Gasteiger charge is 2.17. The van der Waals surface area contributed by atoms with Crippen molar-refractivity contribution >= 4 is 15.9 Å². The molecule has 1 N–H and O–H groups in total. The monoisotopic (exact) mass is 347 g/mol.